The SMILES string of the molecule is CC(C)CC(NC(=O)C(CC(=O)O)NC(=O)C(N)CC(N)=O)C(=O)NCC(=O)O. The molecule has 0 aromatic rings. The molecule has 0 rings (SSSR count). The van der Waals surface area contributed by atoms with Gasteiger partial charge < -0.3 is 37.6 Å². The zero-order valence-electron chi connectivity index (χ0n) is 16.1. The van der Waals surface area contributed by atoms with E-state index in [0.717, 1.165) is 0 Å². The summed E-state index contributed by atoms with van der Waals surface area (Å²) in [6.07, 6.45) is -1.20. The van der Waals surface area contributed by atoms with Gasteiger partial charge in [-0.2, -0.15) is 0 Å². The van der Waals surface area contributed by atoms with Crippen LogP contribution in [0.3, 0.4) is 0 Å². The third kappa shape index (κ3) is 11.3. The number of carbonyl (C=O) groups excluding carboxylic acids is 4. The van der Waals surface area contributed by atoms with Crippen molar-refractivity contribution in [2.24, 2.45) is 17.4 Å². The summed E-state index contributed by atoms with van der Waals surface area (Å²) in [5, 5.41) is 24.2. The number of hydrogen-bond acceptors (Lipinski definition) is 7. The van der Waals surface area contributed by atoms with Gasteiger partial charge in [0, 0.05) is 0 Å². The lowest BCUT2D eigenvalue weighted by Crippen LogP contribution is -2.57. The fourth-order valence-corrected chi connectivity index (χ4v) is 2.23. The molecule has 0 saturated heterocycles. The van der Waals surface area contributed by atoms with E-state index in [9.17, 15) is 28.8 Å². The molecule has 0 fully saturated rings. The van der Waals surface area contributed by atoms with Crippen LogP contribution in [-0.4, -0.2) is 70.5 Å². The van der Waals surface area contributed by atoms with Crippen molar-refractivity contribution in [2.45, 2.75) is 51.2 Å². The predicted octanol–water partition coefficient (Wildman–Crippen LogP) is -3.12. The van der Waals surface area contributed by atoms with Crippen molar-refractivity contribution >= 4 is 35.6 Å². The predicted molar refractivity (Wildman–Crippen MR) is 98.0 cm³/mol. The van der Waals surface area contributed by atoms with Gasteiger partial charge in [-0.15, -0.1) is 0 Å². The molecule has 0 radical (unpaired) electrons. The number of rotatable bonds is 13. The van der Waals surface area contributed by atoms with Crippen LogP contribution in [0, 0.1) is 5.92 Å². The molecule has 3 unspecified atom stereocenters. The third-order valence-electron chi connectivity index (χ3n) is 3.52. The number of aliphatic carboxylic acids is 2. The molecule has 0 bridgehead atoms. The highest BCUT2D eigenvalue weighted by Crippen LogP contribution is 2.06. The first kappa shape index (κ1) is 25.8. The van der Waals surface area contributed by atoms with Crippen LogP contribution in [-0.2, 0) is 28.8 Å². The van der Waals surface area contributed by atoms with Crippen LogP contribution >= 0.6 is 0 Å². The Morgan fingerprint density at radius 1 is 0.828 bits per heavy atom. The normalized spacial score (nSPS) is 13.7. The molecule has 0 aliphatic heterocycles. The summed E-state index contributed by atoms with van der Waals surface area (Å²) in [4.78, 5) is 69.1. The van der Waals surface area contributed by atoms with Crippen molar-refractivity contribution in [1.29, 1.82) is 0 Å². The average molecular weight is 417 g/mol. The molecule has 0 aromatic carbocycles. The fourth-order valence-electron chi connectivity index (χ4n) is 2.23. The largest absolute Gasteiger partial charge is 0.481 e. The summed E-state index contributed by atoms with van der Waals surface area (Å²) >= 11 is 0. The molecule has 0 aliphatic rings. The number of nitrogens with one attached hydrogen (secondary N) is 3. The Bertz CT molecular complexity index is 651. The molecular weight excluding hydrogens is 390 g/mol. The van der Waals surface area contributed by atoms with Crippen LogP contribution in [0.1, 0.15) is 33.1 Å². The zero-order chi connectivity index (χ0) is 22.7. The molecule has 13 nitrogen and oxygen atoms in total. The molecule has 164 valence electrons. The number of primary amides is 1. The number of carboxylic acid groups (broad SMARTS) is 2. The van der Waals surface area contributed by atoms with Crippen LogP contribution in [0.5, 0.6) is 0 Å². The Morgan fingerprint density at radius 2 is 1.38 bits per heavy atom. The second kappa shape index (κ2) is 12.3. The topological polar surface area (TPSA) is 231 Å². The first-order valence-electron chi connectivity index (χ1n) is 8.69. The maximum atomic E-state index is 12.5. The number of hydrogen-bond donors (Lipinski definition) is 7. The Morgan fingerprint density at radius 3 is 1.83 bits per heavy atom. The molecule has 0 spiro atoms. The van der Waals surface area contributed by atoms with Gasteiger partial charge in [0.05, 0.1) is 18.9 Å². The van der Waals surface area contributed by atoms with Crippen LogP contribution < -0.4 is 27.4 Å². The molecule has 0 saturated carbocycles. The van der Waals surface area contributed by atoms with Gasteiger partial charge in [0.1, 0.15) is 18.6 Å². The summed E-state index contributed by atoms with van der Waals surface area (Å²) in [6.45, 7) is 2.84. The monoisotopic (exact) mass is 417 g/mol. The molecular formula is C16H27N5O8. The Labute approximate surface area is 166 Å². The van der Waals surface area contributed by atoms with E-state index in [1.54, 1.807) is 13.8 Å². The molecule has 0 aliphatic carbocycles. The van der Waals surface area contributed by atoms with E-state index < -0.39 is 73.1 Å². The first-order chi connectivity index (χ1) is 13.3. The quantitative estimate of drug-likeness (QED) is 0.160. The summed E-state index contributed by atoms with van der Waals surface area (Å²) in [5.74, 6) is -6.37. The van der Waals surface area contributed by atoms with Crippen LogP contribution in [0.4, 0.5) is 0 Å². The second-order valence-corrected chi connectivity index (χ2v) is 6.74. The Balaban J connectivity index is 5.28. The Hall–Kier alpha value is -3.22. The molecule has 13 heteroatoms. The maximum absolute atomic E-state index is 12.5. The van der Waals surface area contributed by atoms with E-state index in [1.807, 2.05) is 0 Å². The highest BCUT2D eigenvalue weighted by atomic mass is 16.4. The van der Waals surface area contributed by atoms with Crippen molar-refractivity contribution in [1.82, 2.24) is 16.0 Å². The van der Waals surface area contributed by atoms with Gasteiger partial charge in [-0.1, -0.05) is 13.8 Å². The minimum absolute atomic E-state index is 0.0765. The van der Waals surface area contributed by atoms with E-state index in [2.05, 4.69) is 16.0 Å². The number of amides is 4. The van der Waals surface area contributed by atoms with Crippen LogP contribution in [0.25, 0.3) is 0 Å². The lowest BCUT2D eigenvalue weighted by Gasteiger charge is -2.24. The Kier molecular flexibility index (Phi) is 10.9. The third-order valence-corrected chi connectivity index (χ3v) is 3.52. The van der Waals surface area contributed by atoms with E-state index in [4.69, 9.17) is 21.7 Å². The molecule has 0 heterocycles. The molecule has 29 heavy (non-hydrogen) atoms. The van der Waals surface area contributed by atoms with Gasteiger partial charge >= 0.3 is 11.9 Å². The molecule has 4 amide bonds. The summed E-state index contributed by atoms with van der Waals surface area (Å²) in [5.41, 5.74) is 10.4. The van der Waals surface area contributed by atoms with E-state index in [0.29, 0.717) is 0 Å². The zero-order valence-corrected chi connectivity index (χ0v) is 16.1. The summed E-state index contributed by atoms with van der Waals surface area (Å²) in [7, 11) is 0. The van der Waals surface area contributed by atoms with Gasteiger partial charge in [0.25, 0.3) is 0 Å². The minimum atomic E-state index is -1.58. The van der Waals surface area contributed by atoms with Crippen molar-refractivity contribution in [2.75, 3.05) is 6.54 Å². The van der Waals surface area contributed by atoms with Gasteiger partial charge in [0.2, 0.25) is 23.6 Å². The van der Waals surface area contributed by atoms with Gasteiger partial charge in [-0.25, -0.2) is 0 Å². The summed E-state index contributed by atoms with van der Waals surface area (Å²) in [6, 6.07) is -4.13. The minimum Gasteiger partial charge on any atom is -0.481 e. The van der Waals surface area contributed by atoms with Crippen LogP contribution in [0.2, 0.25) is 0 Å². The van der Waals surface area contributed by atoms with Crippen LogP contribution in [0.15, 0.2) is 0 Å². The average Bonchev–Trinajstić information content (AvgIpc) is 2.56. The van der Waals surface area contributed by atoms with E-state index >= 15 is 0 Å². The van der Waals surface area contributed by atoms with Gasteiger partial charge in [-0.05, 0) is 12.3 Å². The van der Waals surface area contributed by atoms with Gasteiger partial charge in [-0.3, -0.25) is 28.8 Å². The second-order valence-electron chi connectivity index (χ2n) is 6.74. The lowest BCUT2D eigenvalue weighted by molar-refractivity contribution is -0.142. The first-order valence-corrected chi connectivity index (χ1v) is 8.69. The smallest absolute Gasteiger partial charge is 0.322 e. The maximum Gasteiger partial charge on any atom is 0.322 e. The van der Waals surface area contributed by atoms with Gasteiger partial charge in [0.15, 0.2) is 0 Å². The number of carbonyl (C=O) groups is 6. The molecule has 9 N–H and O–H groups in total. The molecule has 3 atom stereocenters. The van der Waals surface area contributed by atoms with E-state index in [-0.39, 0.29) is 12.3 Å². The van der Waals surface area contributed by atoms with Crippen molar-refractivity contribution in [3.05, 3.63) is 0 Å². The van der Waals surface area contributed by atoms with Crippen molar-refractivity contribution < 1.29 is 39.0 Å². The molecule has 0 aromatic heterocycles. The highest BCUT2D eigenvalue weighted by molar-refractivity contribution is 5.96. The number of carboxylic acids is 2. The fraction of sp³-hybridized carbons (Fsp3) is 0.625. The van der Waals surface area contributed by atoms with Crippen molar-refractivity contribution in [3.63, 3.8) is 0 Å². The highest BCUT2D eigenvalue weighted by Gasteiger charge is 2.30. The lowest BCUT2D eigenvalue weighted by atomic mass is 10.0. The number of nitrogens with two attached hydrogens (primary N) is 2. The van der Waals surface area contributed by atoms with Crippen molar-refractivity contribution in [3.8, 4) is 0 Å². The van der Waals surface area contributed by atoms with E-state index in [1.165, 1.54) is 0 Å². The summed E-state index contributed by atoms with van der Waals surface area (Å²) < 4.78 is 0. The standard InChI is InChI=1S/C16H27N5O8/c1-7(2)3-9(15(28)19-6-13(25)26)21-16(29)10(5-12(23)24)20-14(27)8(17)4-11(18)22/h7-10H,3-6,17H2,1-2H3,(H2,18,22)(H,19,28)(H,20,27)(H,21,29)(H,23,24)(H,25,26).